The molecule has 0 saturated carbocycles. The van der Waals surface area contributed by atoms with Crippen LogP contribution in [0.2, 0.25) is 5.02 Å². The molecule has 10 nitrogen and oxygen atoms in total. The largest absolute Gasteiger partial charge is 0.487 e. The monoisotopic (exact) mass is 589 g/mol. The van der Waals surface area contributed by atoms with Crippen molar-refractivity contribution in [3.63, 3.8) is 0 Å². The molecule has 1 aromatic heterocycles. The van der Waals surface area contributed by atoms with Gasteiger partial charge in [0.25, 0.3) is 0 Å². The average Bonchev–Trinajstić information content (AvgIpc) is 3.35. The number of hydrogen-bond acceptors (Lipinski definition) is 8. The average molecular weight is 590 g/mol. The summed E-state index contributed by atoms with van der Waals surface area (Å²) < 4.78 is 48.4. The van der Waals surface area contributed by atoms with Crippen molar-refractivity contribution in [1.82, 2.24) is 15.5 Å². The van der Waals surface area contributed by atoms with E-state index in [9.17, 15) is 28.1 Å². The number of benzene rings is 2. The molecule has 39 heavy (non-hydrogen) atoms. The summed E-state index contributed by atoms with van der Waals surface area (Å²) in [5.74, 6) is 0.120. The Morgan fingerprint density at radius 1 is 1.15 bits per heavy atom. The minimum atomic E-state index is -4.52. The van der Waals surface area contributed by atoms with Crippen LogP contribution >= 0.6 is 22.9 Å². The van der Waals surface area contributed by atoms with Crippen molar-refractivity contribution in [2.45, 2.75) is 39.3 Å². The number of nitrogens with one attached hydrogen (secondary N) is 1. The Morgan fingerprint density at radius 2 is 1.82 bits per heavy atom. The number of hydrogen-bond donors (Lipinski definition) is 1. The molecule has 0 radical (unpaired) electrons. The van der Waals surface area contributed by atoms with E-state index < -0.39 is 16.7 Å². The zero-order valence-electron chi connectivity index (χ0n) is 21.9. The standard InChI is InChI=1S/C15H11ClF3NO4.C9H16N4OS/c1-2-23-14-8-10(4-5-12(14)20(21)22)24-13-6-3-9(7-11(13)16)15(17,18)19;1-9(2,3)6-11-12-8(15-6)13(5)7(14)10-4/h3-8H,2H2,1H3;1-5H3,(H,10,14). The van der Waals surface area contributed by atoms with Crippen LogP contribution in [0, 0.1) is 10.1 Å². The van der Waals surface area contributed by atoms with Crippen LogP contribution in [0.4, 0.5) is 28.8 Å². The molecule has 0 bridgehead atoms. The maximum atomic E-state index is 12.6. The van der Waals surface area contributed by atoms with Gasteiger partial charge >= 0.3 is 17.9 Å². The Labute approximate surface area is 231 Å². The van der Waals surface area contributed by atoms with E-state index in [1.165, 1.54) is 34.4 Å². The number of halogens is 4. The summed E-state index contributed by atoms with van der Waals surface area (Å²) in [6.45, 7) is 8.06. The van der Waals surface area contributed by atoms with E-state index in [4.69, 9.17) is 21.1 Å². The molecule has 2 aromatic carbocycles. The summed E-state index contributed by atoms with van der Waals surface area (Å²) in [7, 11) is 3.26. The zero-order chi connectivity index (χ0) is 29.5. The number of urea groups is 1. The highest BCUT2D eigenvalue weighted by atomic mass is 35.5. The van der Waals surface area contributed by atoms with E-state index in [-0.39, 0.29) is 46.0 Å². The van der Waals surface area contributed by atoms with Crippen molar-refractivity contribution in [1.29, 1.82) is 0 Å². The fourth-order valence-electron chi connectivity index (χ4n) is 2.78. The Kier molecular flexibility index (Phi) is 10.5. The normalized spacial score (nSPS) is 11.2. The van der Waals surface area contributed by atoms with Crippen LogP contribution in [0.25, 0.3) is 0 Å². The van der Waals surface area contributed by atoms with Crippen molar-refractivity contribution in [3.05, 3.63) is 62.1 Å². The first-order chi connectivity index (χ1) is 18.1. The molecular weight excluding hydrogens is 563 g/mol. The van der Waals surface area contributed by atoms with Crippen LogP contribution in [-0.2, 0) is 11.6 Å². The molecule has 0 aliphatic carbocycles. The van der Waals surface area contributed by atoms with Gasteiger partial charge in [-0.05, 0) is 31.2 Å². The molecule has 0 fully saturated rings. The summed E-state index contributed by atoms with van der Waals surface area (Å²) >= 11 is 7.24. The van der Waals surface area contributed by atoms with Crippen molar-refractivity contribution in [2.75, 3.05) is 25.6 Å². The Balaban J connectivity index is 0.000000306. The topological polar surface area (TPSA) is 120 Å². The van der Waals surface area contributed by atoms with Gasteiger partial charge in [0.2, 0.25) is 10.9 Å². The van der Waals surface area contributed by atoms with E-state index in [2.05, 4.69) is 36.3 Å². The highest BCUT2D eigenvalue weighted by molar-refractivity contribution is 7.15. The maximum Gasteiger partial charge on any atom is 0.416 e. The van der Waals surface area contributed by atoms with Crippen LogP contribution in [0.5, 0.6) is 17.2 Å². The molecule has 3 rings (SSSR count). The van der Waals surface area contributed by atoms with Crippen LogP contribution in [0.15, 0.2) is 36.4 Å². The van der Waals surface area contributed by atoms with Crippen LogP contribution in [0.1, 0.15) is 38.3 Å². The number of nitro benzene ring substituents is 1. The second kappa shape index (κ2) is 12.9. The second-order valence-corrected chi connectivity index (χ2v) is 10.2. The van der Waals surface area contributed by atoms with Crippen LogP contribution < -0.4 is 19.7 Å². The zero-order valence-corrected chi connectivity index (χ0v) is 23.5. The first-order valence-corrected chi connectivity index (χ1v) is 12.5. The van der Waals surface area contributed by atoms with Crippen molar-refractivity contribution < 1.29 is 32.4 Å². The molecule has 1 N–H and O–H groups in total. The lowest BCUT2D eigenvalue weighted by atomic mass is 9.98. The molecule has 15 heteroatoms. The fourth-order valence-corrected chi connectivity index (χ4v) is 3.86. The van der Waals surface area contributed by atoms with E-state index in [1.807, 2.05) is 0 Å². The number of carbonyl (C=O) groups excluding carboxylic acids is 1. The number of rotatable bonds is 6. The minimum Gasteiger partial charge on any atom is -0.487 e. The van der Waals surface area contributed by atoms with Crippen molar-refractivity contribution in [2.24, 2.45) is 0 Å². The van der Waals surface area contributed by atoms with Gasteiger partial charge in [-0.15, -0.1) is 10.2 Å². The van der Waals surface area contributed by atoms with E-state index >= 15 is 0 Å². The lowest BCUT2D eigenvalue weighted by Crippen LogP contribution is -2.34. The summed E-state index contributed by atoms with van der Waals surface area (Å²) in [5.41, 5.74) is -1.18. The number of nitrogens with zero attached hydrogens (tertiary/aromatic N) is 4. The summed E-state index contributed by atoms with van der Waals surface area (Å²) in [4.78, 5) is 23.1. The summed E-state index contributed by atoms with van der Waals surface area (Å²) in [6.07, 6.45) is -4.52. The first kappa shape index (κ1) is 31.6. The third kappa shape index (κ3) is 8.68. The molecule has 2 amide bonds. The summed E-state index contributed by atoms with van der Waals surface area (Å²) in [6, 6.07) is 6.21. The molecule has 3 aromatic rings. The highest BCUT2D eigenvalue weighted by Crippen LogP contribution is 2.38. The van der Waals surface area contributed by atoms with Gasteiger partial charge in [-0.2, -0.15) is 13.2 Å². The van der Waals surface area contributed by atoms with E-state index in [1.54, 1.807) is 21.0 Å². The van der Waals surface area contributed by atoms with E-state index in [0.717, 1.165) is 23.2 Å². The number of amides is 2. The highest BCUT2D eigenvalue weighted by Gasteiger charge is 2.31. The quantitative estimate of drug-likeness (QED) is 0.241. The number of alkyl halides is 3. The maximum absolute atomic E-state index is 12.6. The molecule has 0 aliphatic rings. The van der Waals surface area contributed by atoms with Crippen LogP contribution in [0.3, 0.4) is 0 Å². The molecular formula is C24H27ClF3N5O5S. The van der Waals surface area contributed by atoms with Gasteiger partial charge in [-0.1, -0.05) is 43.7 Å². The minimum absolute atomic E-state index is 0.0111. The van der Waals surface area contributed by atoms with Gasteiger partial charge in [0.15, 0.2) is 0 Å². The van der Waals surface area contributed by atoms with E-state index in [0.29, 0.717) is 5.13 Å². The summed E-state index contributed by atoms with van der Waals surface area (Å²) in [5, 5.41) is 22.8. The Hall–Kier alpha value is -3.65. The number of aromatic nitrogens is 2. The lowest BCUT2D eigenvalue weighted by Gasteiger charge is -2.13. The Bertz CT molecular complexity index is 1310. The molecule has 0 saturated heterocycles. The van der Waals surface area contributed by atoms with Crippen LogP contribution in [-0.4, -0.2) is 41.9 Å². The molecule has 0 aliphatic heterocycles. The second-order valence-electron chi connectivity index (χ2n) is 8.82. The third-order valence-electron chi connectivity index (χ3n) is 4.78. The molecule has 0 spiro atoms. The third-order valence-corrected chi connectivity index (χ3v) is 6.50. The first-order valence-electron chi connectivity index (χ1n) is 11.3. The predicted octanol–water partition coefficient (Wildman–Crippen LogP) is 7.07. The van der Waals surface area contributed by atoms with Gasteiger partial charge in [-0.3, -0.25) is 15.0 Å². The van der Waals surface area contributed by atoms with Gasteiger partial charge in [0.1, 0.15) is 16.5 Å². The van der Waals surface area contributed by atoms with Gasteiger partial charge in [-0.25, -0.2) is 4.79 Å². The van der Waals surface area contributed by atoms with Gasteiger partial charge < -0.3 is 14.8 Å². The number of ether oxygens (including phenoxy) is 2. The number of anilines is 1. The van der Waals surface area contributed by atoms with Gasteiger partial charge in [0.05, 0.1) is 22.1 Å². The predicted molar refractivity (Wildman–Crippen MR) is 142 cm³/mol. The Morgan fingerprint density at radius 3 is 2.31 bits per heavy atom. The lowest BCUT2D eigenvalue weighted by molar-refractivity contribution is -0.385. The fraction of sp³-hybridized carbons (Fsp3) is 0.375. The molecule has 0 atom stereocenters. The number of carbonyl (C=O) groups is 1. The molecule has 1 heterocycles. The molecule has 212 valence electrons. The van der Waals surface area contributed by atoms with Gasteiger partial charge in [0, 0.05) is 31.6 Å². The molecule has 0 unspecified atom stereocenters. The van der Waals surface area contributed by atoms with Crippen molar-refractivity contribution in [3.8, 4) is 17.2 Å². The number of nitro groups is 1. The van der Waals surface area contributed by atoms with Crippen molar-refractivity contribution >= 4 is 39.8 Å². The SMILES string of the molecule is CCOc1cc(Oc2ccc(C(F)(F)F)cc2Cl)ccc1[N+](=O)[O-].CNC(=O)N(C)c1nnc(C(C)(C)C)s1. The smallest absolute Gasteiger partial charge is 0.416 e.